The average Bonchev–Trinajstić information content (AvgIpc) is 3.33. The molecule has 160 valence electrons. The zero-order chi connectivity index (χ0) is 21.5. The lowest BCUT2D eigenvalue weighted by molar-refractivity contribution is -0.142. The fourth-order valence-corrected chi connectivity index (χ4v) is 4.35. The molecule has 30 heavy (non-hydrogen) atoms. The molecule has 1 aliphatic heterocycles. The third kappa shape index (κ3) is 4.17. The Labute approximate surface area is 174 Å². The quantitative estimate of drug-likeness (QED) is 0.610. The lowest BCUT2D eigenvalue weighted by atomic mass is 10.1. The summed E-state index contributed by atoms with van der Waals surface area (Å²) in [5.41, 5.74) is -0.258. The molecule has 0 amide bonds. The first-order valence-corrected chi connectivity index (χ1v) is 10.3. The Morgan fingerprint density at radius 1 is 1.23 bits per heavy atom. The minimum Gasteiger partial charge on any atom is -0.353 e. The van der Waals surface area contributed by atoms with Gasteiger partial charge in [-0.3, -0.25) is 14.3 Å². The number of likely N-dealkylation sites (tertiary alicyclic amines) is 1. The molecule has 1 aromatic carbocycles. The van der Waals surface area contributed by atoms with Gasteiger partial charge in [-0.25, -0.2) is 9.97 Å². The van der Waals surface area contributed by atoms with Crippen LogP contribution < -0.4 is 10.5 Å². The molecule has 4 rings (SSSR count). The summed E-state index contributed by atoms with van der Waals surface area (Å²) in [6.45, 7) is -0.289. The number of para-hydroxylation sites is 1. The third-order valence-corrected chi connectivity index (χ3v) is 6.00. The van der Waals surface area contributed by atoms with E-state index in [-0.39, 0.29) is 11.2 Å². The number of halogens is 3. The summed E-state index contributed by atoms with van der Waals surface area (Å²) in [6, 6.07) is 6.11. The zero-order valence-electron chi connectivity index (χ0n) is 16.6. The lowest BCUT2D eigenvalue weighted by Gasteiger charge is -2.26. The molecule has 0 aliphatic carbocycles. The molecule has 0 saturated carbocycles. The maximum Gasteiger partial charge on any atom is 0.406 e. The SMILES string of the molecule is CN(C)c1nc(CN2CCCC2c2nc3ccccc3c(=O)n2CC(F)(F)F)ns1. The highest BCUT2D eigenvalue weighted by Gasteiger charge is 2.35. The minimum absolute atomic E-state index is 0.150. The van der Waals surface area contributed by atoms with E-state index in [1.165, 1.54) is 17.6 Å². The van der Waals surface area contributed by atoms with Crippen molar-refractivity contribution < 1.29 is 13.2 Å². The molecule has 1 aliphatic rings. The second-order valence-corrected chi connectivity index (χ2v) is 8.24. The van der Waals surface area contributed by atoms with Crippen LogP contribution in [0.4, 0.5) is 18.3 Å². The molecule has 2 aromatic heterocycles. The van der Waals surface area contributed by atoms with E-state index in [0.29, 0.717) is 30.9 Å². The molecule has 1 unspecified atom stereocenters. The average molecular weight is 438 g/mol. The van der Waals surface area contributed by atoms with Crippen LogP contribution in [0.3, 0.4) is 0 Å². The van der Waals surface area contributed by atoms with Crippen molar-refractivity contribution in [2.45, 2.75) is 38.1 Å². The first-order chi connectivity index (χ1) is 14.2. The van der Waals surface area contributed by atoms with Crippen molar-refractivity contribution in [2.75, 3.05) is 25.5 Å². The van der Waals surface area contributed by atoms with Gasteiger partial charge in [0.05, 0.1) is 23.5 Å². The van der Waals surface area contributed by atoms with Crippen molar-refractivity contribution in [3.8, 4) is 0 Å². The van der Waals surface area contributed by atoms with Gasteiger partial charge in [-0.15, -0.1) is 0 Å². The Bertz CT molecular complexity index is 1110. The number of benzene rings is 1. The predicted octanol–water partition coefficient (Wildman–Crippen LogP) is 3.21. The molecule has 0 N–H and O–H groups in total. The number of fused-ring (bicyclic) bond motifs is 1. The summed E-state index contributed by atoms with van der Waals surface area (Å²) in [7, 11) is 3.75. The van der Waals surface area contributed by atoms with Crippen LogP contribution in [0.25, 0.3) is 10.9 Å². The number of alkyl halides is 3. The molecular weight excluding hydrogens is 417 g/mol. The van der Waals surface area contributed by atoms with Crippen LogP contribution in [0.5, 0.6) is 0 Å². The normalized spacial score (nSPS) is 17.7. The molecule has 1 fully saturated rings. The van der Waals surface area contributed by atoms with E-state index >= 15 is 0 Å². The fraction of sp³-hybridized carbons (Fsp3) is 0.474. The van der Waals surface area contributed by atoms with E-state index in [4.69, 9.17) is 0 Å². The Morgan fingerprint density at radius 2 is 2.00 bits per heavy atom. The Balaban J connectivity index is 1.74. The molecular formula is C19H21F3N6OS. The number of hydrogen-bond donors (Lipinski definition) is 0. The van der Waals surface area contributed by atoms with Gasteiger partial charge < -0.3 is 4.90 Å². The molecule has 0 spiro atoms. The first-order valence-electron chi connectivity index (χ1n) is 9.53. The topological polar surface area (TPSA) is 67.2 Å². The predicted molar refractivity (Wildman–Crippen MR) is 109 cm³/mol. The maximum atomic E-state index is 13.3. The summed E-state index contributed by atoms with van der Waals surface area (Å²) in [5.74, 6) is 0.762. The summed E-state index contributed by atoms with van der Waals surface area (Å²) < 4.78 is 45.0. The highest BCUT2D eigenvalue weighted by atomic mass is 32.1. The van der Waals surface area contributed by atoms with E-state index in [1.807, 2.05) is 23.9 Å². The van der Waals surface area contributed by atoms with Gasteiger partial charge in [0.2, 0.25) is 5.13 Å². The second kappa shape index (κ2) is 7.95. The summed E-state index contributed by atoms with van der Waals surface area (Å²) in [5, 5.41) is 0.949. The third-order valence-electron chi connectivity index (χ3n) is 5.07. The number of nitrogens with zero attached hydrogens (tertiary/aromatic N) is 6. The molecule has 0 radical (unpaired) electrons. The van der Waals surface area contributed by atoms with Gasteiger partial charge in [0.15, 0.2) is 5.82 Å². The fourth-order valence-electron chi connectivity index (χ4n) is 3.75. The number of hydrogen-bond acceptors (Lipinski definition) is 7. The largest absolute Gasteiger partial charge is 0.406 e. The minimum atomic E-state index is -4.52. The Hall–Kier alpha value is -2.53. The summed E-state index contributed by atoms with van der Waals surface area (Å²) in [6.07, 6.45) is -3.11. The van der Waals surface area contributed by atoms with E-state index in [9.17, 15) is 18.0 Å². The Morgan fingerprint density at radius 3 is 2.70 bits per heavy atom. The van der Waals surface area contributed by atoms with Crippen molar-refractivity contribution in [1.29, 1.82) is 0 Å². The number of rotatable bonds is 5. The van der Waals surface area contributed by atoms with Crippen LogP contribution in [-0.2, 0) is 13.1 Å². The van der Waals surface area contributed by atoms with Crippen LogP contribution in [0.2, 0.25) is 0 Å². The Kier molecular flexibility index (Phi) is 5.49. The molecule has 1 atom stereocenters. The molecule has 1 saturated heterocycles. The second-order valence-electron chi connectivity index (χ2n) is 7.51. The van der Waals surface area contributed by atoms with E-state index in [2.05, 4.69) is 14.3 Å². The zero-order valence-corrected chi connectivity index (χ0v) is 17.4. The van der Waals surface area contributed by atoms with Gasteiger partial charge in [-0.2, -0.15) is 17.5 Å². The van der Waals surface area contributed by atoms with Gasteiger partial charge in [-0.05, 0) is 31.5 Å². The molecule has 3 aromatic rings. The van der Waals surface area contributed by atoms with Crippen LogP contribution in [-0.4, -0.2) is 50.6 Å². The van der Waals surface area contributed by atoms with Crippen molar-refractivity contribution in [3.05, 3.63) is 46.3 Å². The number of aromatic nitrogens is 4. The maximum absolute atomic E-state index is 13.3. The summed E-state index contributed by atoms with van der Waals surface area (Å²) >= 11 is 1.27. The van der Waals surface area contributed by atoms with Crippen molar-refractivity contribution in [1.82, 2.24) is 23.8 Å². The van der Waals surface area contributed by atoms with Crippen LogP contribution in [0, 0.1) is 0 Å². The van der Waals surface area contributed by atoms with Gasteiger partial charge in [-0.1, -0.05) is 12.1 Å². The first kappa shape index (κ1) is 20.7. The highest BCUT2D eigenvalue weighted by Crippen LogP contribution is 2.33. The standard InChI is InChI=1S/C19H21F3N6OS/c1-26(2)18-24-15(25-30-18)10-27-9-5-8-14(27)16-23-13-7-4-3-6-12(13)17(29)28(16)11-19(20,21)22/h3-4,6-7,14H,5,8-11H2,1-2H3. The molecule has 0 bridgehead atoms. The van der Waals surface area contributed by atoms with Crippen LogP contribution in [0.15, 0.2) is 29.1 Å². The van der Waals surface area contributed by atoms with Crippen molar-refractivity contribution >= 4 is 27.6 Å². The van der Waals surface area contributed by atoms with Crippen LogP contribution >= 0.6 is 11.5 Å². The molecule has 11 heteroatoms. The van der Waals surface area contributed by atoms with Crippen LogP contribution in [0.1, 0.15) is 30.5 Å². The van der Waals surface area contributed by atoms with Gasteiger partial charge in [0, 0.05) is 25.6 Å². The van der Waals surface area contributed by atoms with E-state index in [0.717, 1.165) is 16.1 Å². The van der Waals surface area contributed by atoms with Gasteiger partial charge in [0.1, 0.15) is 12.4 Å². The lowest BCUT2D eigenvalue weighted by Crippen LogP contribution is -2.35. The van der Waals surface area contributed by atoms with Crippen molar-refractivity contribution in [3.63, 3.8) is 0 Å². The molecule has 7 nitrogen and oxygen atoms in total. The van der Waals surface area contributed by atoms with E-state index < -0.39 is 24.3 Å². The summed E-state index contributed by atoms with van der Waals surface area (Å²) in [4.78, 5) is 25.7. The number of anilines is 1. The van der Waals surface area contributed by atoms with Crippen molar-refractivity contribution in [2.24, 2.45) is 0 Å². The monoisotopic (exact) mass is 438 g/mol. The smallest absolute Gasteiger partial charge is 0.353 e. The highest BCUT2D eigenvalue weighted by molar-refractivity contribution is 7.09. The van der Waals surface area contributed by atoms with Gasteiger partial charge >= 0.3 is 6.18 Å². The van der Waals surface area contributed by atoms with Gasteiger partial charge in [0.25, 0.3) is 5.56 Å². The van der Waals surface area contributed by atoms with E-state index in [1.54, 1.807) is 18.2 Å². The molecule has 3 heterocycles.